The molecule has 2 aromatic heterocycles. The molecule has 0 unspecified atom stereocenters. The first-order chi connectivity index (χ1) is 15.5. The van der Waals surface area contributed by atoms with Gasteiger partial charge >= 0.3 is 6.29 Å². The van der Waals surface area contributed by atoms with Gasteiger partial charge in [-0.1, -0.05) is 24.3 Å². The van der Waals surface area contributed by atoms with Crippen LogP contribution in [0.2, 0.25) is 0 Å². The van der Waals surface area contributed by atoms with Crippen molar-refractivity contribution in [2.24, 2.45) is 0 Å². The van der Waals surface area contributed by atoms with Gasteiger partial charge in [-0.05, 0) is 30.3 Å². The lowest BCUT2D eigenvalue weighted by molar-refractivity contribution is -0.286. The third kappa shape index (κ3) is 3.30. The minimum Gasteiger partial charge on any atom is -0.395 e. The molecule has 6 rings (SSSR count). The maximum absolute atomic E-state index is 13.3. The Morgan fingerprint density at radius 2 is 1.44 bits per heavy atom. The van der Waals surface area contributed by atoms with Crippen LogP contribution < -0.4 is 20.1 Å². The van der Waals surface area contributed by atoms with Crippen LogP contribution in [0.5, 0.6) is 11.5 Å². The number of thiazole rings is 1. The molecule has 0 radical (unpaired) electrons. The van der Waals surface area contributed by atoms with E-state index in [2.05, 4.69) is 35.3 Å². The molecule has 1 aliphatic heterocycles. The number of aromatic nitrogens is 3. The second-order valence-corrected chi connectivity index (χ2v) is 7.94. The second kappa shape index (κ2) is 6.99. The van der Waals surface area contributed by atoms with Gasteiger partial charge in [-0.15, -0.1) is 30.3 Å². The summed E-state index contributed by atoms with van der Waals surface area (Å²) >= 11 is 1.56. The number of hydrogen-bond acceptors (Lipinski definition) is 8. The smallest absolute Gasteiger partial charge is 0.395 e. The van der Waals surface area contributed by atoms with E-state index in [0.29, 0.717) is 17.3 Å². The Bertz CT molecular complexity index is 1490. The van der Waals surface area contributed by atoms with Gasteiger partial charge in [0.25, 0.3) is 0 Å². The highest BCUT2D eigenvalue weighted by molar-refractivity contribution is 7.16. The fourth-order valence-electron chi connectivity index (χ4n) is 3.52. The molecule has 32 heavy (non-hydrogen) atoms. The van der Waals surface area contributed by atoms with Gasteiger partial charge in [-0.3, -0.25) is 0 Å². The van der Waals surface area contributed by atoms with Gasteiger partial charge in [0.15, 0.2) is 23.1 Å². The SMILES string of the molecule is FC1(F)Oc2ccc(Nc3nnc(Nc4ccc5ncsc5c4)c4ccccc34)cc2O1. The first kappa shape index (κ1) is 18.7. The van der Waals surface area contributed by atoms with Crippen molar-refractivity contribution in [3.05, 3.63) is 66.2 Å². The van der Waals surface area contributed by atoms with Crippen molar-refractivity contribution >= 4 is 55.3 Å². The number of fused-ring (bicyclic) bond motifs is 3. The van der Waals surface area contributed by atoms with Crippen molar-refractivity contribution in [1.29, 1.82) is 0 Å². The van der Waals surface area contributed by atoms with E-state index < -0.39 is 6.29 Å². The molecular formula is C22H13F2N5O2S. The Hall–Kier alpha value is -4.05. The molecule has 3 heterocycles. The molecule has 0 fully saturated rings. The molecule has 10 heteroatoms. The van der Waals surface area contributed by atoms with E-state index in [-0.39, 0.29) is 11.5 Å². The number of nitrogens with zero attached hydrogens (tertiary/aromatic N) is 3. The Morgan fingerprint density at radius 1 is 0.781 bits per heavy atom. The summed E-state index contributed by atoms with van der Waals surface area (Å²) in [6, 6.07) is 18.0. The maximum Gasteiger partial charge on any atom is 0.586 e. The van der Waals surface area contributed by atoms with E-state index in [1.54, 1.807) is 22.9 Å². The lowest BCUT2D eigenvalue weighted by atomic mass is 10.1. The van der Waals surface area contributed by atoms with E-state index in [0.717, 1.165) is 26.7 Å². The maximum atomic E-state index is 13.3. The van der Waals surface area contributed by atoms with Gasteiger partial charge in [-0.25, -0.2) is 4.98 Å². The number of nitrogens with one attached hydrogen (secondary N) is 2. The fourth-order valence-corrected chi connectivity index (χ4v) is 4.24. The molecule has 0 bridgehead atoms. The van der Waals surface area contributed by atoms with E-state index in [1.807, 2.05) is 42.5 Å². The van der Waals surface area contributed by atoms with Gasteiger partial charge in [0.05, 0.1) is 15.7 Å². The van der Waals surface area contributed by atoms with E-state index >= 15 is 0 Å². The minimum atomic E-state index is -3.66. The molecule has 2 N–H and O–H groups in total. The highest BCUT2D eigenvalue weighted by atomic mass is 32.1. The average Bonchev–Trinajstić information content (AvgIpc) is 3.37. The zero-order valence-corrected chi connectivity index (χ0v) is 17.0. The highest BCUT2D eigenvalue weighted by Crippen LogP contribution is 2.43. The van der Waals surface area contributed by atoms with E-state index in [1.165, 1.54) is 12.1 Å². The van der Waals surface area contributed by atoms with Gasteiger partial charge in [0.1, 0.15) is 0 Å². The zero-order chi connectivity index (χ0) is 21.7. The normalized spacial score (nSPS) is 14.1. The molecule has 3 aromatic carbocycles. The van der Waals surface area contributed by atoms with Crippen LogP contribution in [0.4, 0.5) is 31.8 Å². The van der Waals surface area contributed by atoms with Crippen LogP contribution in [0.25, 0.3) is 21.0 Å². The van der Waals surface area contributed by atoms with Gasteiger partial charge in [0, 0.05) is 28.2 Å². The molecule has 158 valence electrons. The standard InChI is InChI=1S/C22H13F2N5O2S/c23-22(24)30-17-8-6-12(9-18(17)31-22)26-20-14-3-1-2-4-15(14)21(29-28-20)27-13-5-7-16-19(10-13)32-11-25-16/h1-11H,(H,26,28)(H,27,29). The number of alkyl halides is 2. The van der Waals surface area contributed by atoms with Crippen LogP contribution in [0.1, 0.15) is 0 Å². The number of rotatable bonds is 4. The monoisotopic (exact) mass is 449 g/mol. The van der Waals surface area contributed by atoms with E-state index in [9.17, 15) is 8.78 Å². The number of halogens is 2. The third-order valence-corrected chi connectivity index (χ3v) is 5.74. The van der Waals surface area contributed by atoms with Crippen LogP contribution in [-0.2, 0) is 0 Å². The van der Waals surface area contributed by atoms with Crippen LogP contribution in [0, 0.1) is 0 Å². The summed E-state index contributed by atoms with van der Waals surface area (Å²) < 4.78 is 36.6. The lowest BCUT2D eigenvalue weighted by Crippen LogP contribution is -2.25. The van der Waals surface area contributed by atoms with Crippen LogP contribution >= 0.6 is 11.3 Å². The summed E-state index contributed by atoms with van der Waals surface area (Å²) in [5.74, 6) is 1.01. The quantitative estimate of drug-likeness (QED) is 0.346. The van der Waals surface area contributed by atoms with E-state index in [4.69, 9.17) is 0 Å². The molecule has 0 amide bonds. The van der Waals surface area contributed by atoms with Gasteiger partial charge in [0.2, 0.25) is 0 Å². The molecule has 0 saturated carbocycles. The summed E-state index contributed by atoms with van der Waals surface area (Å²) in [6.07, 6.45) is -3.66. The topological polar surface area (TPSA) is 81.2 Å². The fraction of sp³-hybridized carbons (Fsp3) is 0.0455. The van der Waals surface area contributed by atoms with Crippen molar-refractivity contribution < 1.29 is 18.3 Å². The number of ether oxygens (including phenoxy) is 2. The molecule has 5 aromatic rings. The molecule has 0 aliphatic carbocycles. The first-order valence-electron chi connectivity index (χ1n) is 9.57. The van der Waals surface area contributed by atoms with Gasteiger partial charge < -0.3 is 20.1 Å². The summed E-state index contributed by atoms with van der Waals surface area (Å²) in [4.78, 5) is 4.29. The van der Waals surface area contributed by atoms with Crippen LogP contribution in [-0.4, -0.2) is 21.5 Å². The van der Waals surface area contributed by atoms with Crippen LogP contribution in [0.15, 0.2) is 66.2 Å². The summed E-state index contributed by atoms with van der Waals surface area (Å²) in [7, 11) is 0. The molecule has 7 nitrogen and oxygen atoms in total. The Balaban J connectivity index is 1.33. The Morgan fingerprint density at radius 3 is 2.19 bits per heavy atom. The third-order valence-electron chi connectivity index (χ3n) is 4.95. The van der Waals surface area contributed by atoms with Crippen molar-refractivity contribution in [3.63, 3.8) is 0 Å². The van der Waals surface area contributed by atoms with Crippen molar-refractivity contribution in [1.82, 2.24) is 15.2 Å². The second-order valence-electron chi connectivity index (χ2n) is 7.06. The lowest BCUT2D eigenvalue weighted by Gasteiger charge is -2.12. The molecule has 0 spiro atoms. The van der Waals surface area contributed by atoms with Crippen molar-refractivity contribution in [3.8, 4) is 11.5 Å². The highest BCUT2D eigenvalue weighted by Gasteiger charge is 2.43. The zero-order valence-electron chi connectivity index (χ0n) is 16.2. The van der Waals surface area contributed by atoms with Gasteiger partial charge in [-0.2, -0.15) is 0 Å². The molecule has 1 aliphatic rings. The molecule has 0 atom stereocenters. The van der Waals surface area contributed by atoms with Crippen molar-refractivity contribution in [2.75, 3.05) is 10.6 Å². The summed E-state index contributed by atoms with van der Waals surface area (Å²) in [6.45, 7) is 0. The largest absolute Gasteiger partial charge is 0.586 e. The Kier molecular flexibility index (Phi) is 4.08. The number of benzene rings is 3. The predicted molar refractivity (Wildman–Crippen MR) is 118 cm³/mol. The first-order valence-corrected chi connectivity index (χ1v) is 10.4. The minimum absolute atomic E-state index is 0.0195. The van der Waals surface area contributed by atoms with Crippen molar-refractivity contribution in [2.45, 2.75) is 6.29 Å². The van der Waals surface area contributed by atoms with Crippen LogP contribution in [0.3, 0.4) is 0 Å². The summed E-state index contributed by atoms with van der Waals surface area (Å²) in [5.41, 5.74) is 4.14. The molecule has 0 saturated heterocycles. The average molecular weight is 449 g/mol. The molecular weight excluding hydrogens is 436 g/mol. The number of anilines is 4. The Labute approximate surface area is 183 Å². The summed E-state index contributed by atoms with van der Waals surface area (Å²) in [5, 5.41) is 16.8. The predicted octanol–water partition coefficient (Wildman–Crippen LogP) is 6.05. The number of hydrogen-bond donors (Lipinski definition) is 2.